The minimum Gasteiger partial charge on any atom is -0.463 e. The van der Waals surface area contributed by atoms with Gasteiger partial charge in [-0.3, -0.25) is 4.79 Å². The maximum absolute atomic E-state index is 12.1. The van der Waals surface area contributed by atoms with Crippen molar-refractivity contribution in [2.45, 2.75) is 134 Å². The molecule has 0 aliphatic carbocycles. The van der Waals surface area contributed by atoms with Crippen molar-refractivity contribution < 1.29 is 39.1 Å². The van der Waals surface area contributed by atoms with Crippen LogP contribution >= 0.6 is 0 Å². The van der Waals surface area contributed by atoms with Crippen LogP contribution in [0.2, 0.25) is 0 Å². The van der Waals surface area contributed by atoms with Crippen LogP contribution in [-0.2, 0) is 25.6 Å². The van der Waals surface area contributed by atoms with Crippen LogP contribution in [0.4, 0.5) is 4.79 Å². The molecular formula is C30H49NO8. The van der Waals surface area contributed by atoms with E-state index in [0.717, 1.165) is 24.8 Å². The Kier molecular flexibility index (Phi) is 16.8. The van der Waals surface area contributed by atoms with E-state index in [1.807, 2.05) is 18.2 Å². The number of rotatable bonds is 19. The first-order valence-corrected chi connectivity index (χ1v) is 14.7. The Balaban J connectivity index is 1.53. The first kappa shape index (κ1) is 33.0. The van der Waals surface area contributed by atoms with Gasteiger partial charge in [0.25, 0.3) is 0 Å². The molecule has 0 aromatic heterocycles. The zero-order chi connectivity index (χ0) is 28.3. The third-order valence-corrected chi connectivity index (χ3v) is 7.11. The second kappa shape index (κ2) is 19.8. The molecule has 2 rings (SSSR count). The lowest BCUT2D eigenvalue weighted by atomic mass is 9.97. The number of amides is 1. The van der Waals surface area contributed by atoms with Gasteiger partial charge in [0.1, 0.15) is 37.6 Å². The van der Waals surface area contributed by atoms with E-state index in [4.69, 9.17) is 14.2 Å². The minimum absolute atomic E-state index is 0.00677. The smallest absolute Gasteiger partial charge is 0.407 e. The maximum Gasteiger partial charge on any atom is 0.407 e. The molecule has 1 aromatic rings. The van der Waals surface area contributed by atoms with Crippen molar-refractivity contribution in [2.24, 2.45) is 0 Å². The summed E-state index contributed by atoms with van der Waals surface area (Å²) in [5, 5.41) is 33.4. The summed E-state index contributed by atoms with van der Waals surface area (Å²) in [6, 6.07) is 7.72. The summed E-state index contributed by atoms with van der Waals surface area (Å²) in [6.07, 6.45) is 9.48. The van der Waals surface area contributed by atoms with E-state index in [1.165, 1.54) is 64.2 Å². The fourth-order valence-electron chi connectivity index (χ4n) is 4.68. The van der Waals surface area contributed by atoms with Gasteiger partial charge in [0, 0.05) is 6.42 Å². The van der Waals surface area contributed by atoms with Crippen LogP contribution in [0, 0.1) is 0 Å². The van der Waals surface area contributed by atoms with Crippen molar-refractivity contribution in [3.8, 4) is 0 Å². The van der Waals surface area contributed by atoms with Crippen LogP contribution in [-0.4, -0.2) is 64.6 Å². The van der Waals surface area contributed by atoms with E-state index in [0.29, 0.717) is 0 Å². The molecule has 0 radical (unpaired) electrons. The molecule has 1 aliphatic heterocycles. The summed E-state index contributed by atoms with van der Waals surface area (Å²) in [5.41, 5.74) is 0.773. The first-order chi connectivity index (χ1) is 18.9. The number of unbranched alkanes of at least 4 members (excludes halogenated alkanes) is 12. The molecule has 9 nitrogen and oxygen atoms in total. The molecule has 1 saturated heterocycles. The van der Waals surface area contributed by atoms with E-state index in [-0.39, 0.29) is 19.6 Å². The Morgan fingerprint density at radius 1 is 0.795 bits per heavy atom. The SMILES string of the molecule is CCCCCCCCCCCCCCCC(=O)OC[C@H]1OC(O)[C@H](NC(=O)OCc2ccccc2)[C@@H](O)[C@@H]1O. The highest BCUT2D eigenvalue weighted by atomic mass is 16.6. The van der Waals surface area contributed by atoms with Crippen molar-refractivity contribution >= 4 is 12.1 Å². The molecule has 1 heterocycles. The van der Waals surface area contributed by atoms with Gasteiger partial charge in [0.05, 0.1) is 0 Å². The Labute approximate surface area is 233 Å². The first-order valence-electron chi connectivity index (χ1n) is 14.7. The van der Waals surface area contributed by atoms with E-state index >= 15 is 0 Å². The highest BCUT2D eigenvalue weighted by Gasteiger charge is 2.45. The minimum atomic E-state index is -1.61. The standard InChI is InChI=1S/C30H49NO8/c1-2-3-4-5-6-7-8-9-10-11-12-13-17-20-25(32)37-22-24-27(33)28(34)26(29(35)39-24)31-30(36)38-21-23-18-15-14-16-19-23/h14-16,18-19,24,26-29,33-35H,2-13,17,20-22H2,1H3,(H,31,36)/t24-,26-,27-,28-,29?/m1/s1. The van der Waals surface area contributed by atoms with Crippen LogP contribution < -0.4 is 5.32 Å². The second-order valence-electron chi connectivity index (χ2n) is 10.5. The number of hydrogen-bond donors (Lipinski definition) is 4. The molecular weight excluding hydrogens is 502 g/mol. The molecule has 222 valence electrons. The molecule has 0 spiro atoms. The van der Waals surface area contributed by atoms with Crippen molar-refractivity contribution in [1.82, 2.24) is 5.32 Å². The van der Waals surface area contributed by atoms with E-state index < -0.39 is 42.7 Å². The summed E-state index contributed by atoms with van der Waals surface area (Å²) >= 11 is 0. The highest BCUT2D eigenvalue weighted by molar-refractivity contribution is 5.69. The van der Waals surface area contributed by atoms with Crippen LogP contribution in [0.3, 0.4) is 0 Å². The predicted octanol–water partition coefficient (Wildman–Crippen LogP) is 4.74. The third kappa shape index (κ3) is 13.6. The lowest BCUT2D eigenvalue weighted by molar-refractivity contribution is -0.255. The molecule has 1 unspecified atom stereocenters. The van der Waals surface area contributed by atoms with Gasteiger partial charge >= 0.3 is 12.1 Å². The topological polar surface area (TPSA) is 135 Å². The average molecular weight is 552 g/mol. The molecule has 1 aromatic carbocycles. The van der Waals surface area contributed by atoms with Gasteiger partial charge in [-0.2, -0.15) is 0 Å². The van der Waals surface area contributed by atoms with E-state index in [2.05, 4.69) is 12.2 Å². The van der Waals surface area contributed by atoms with Gasteiger partial charge in [-0.1, -0.05) is 114 Å². The number of hydrogen-bond acceptors (Lipinski definition) is 8. The Morgan fingerprint density at radius 3 is 1.95 bits per heavy atom. The summed E-state index contributed by atoms with van der Waals surface area (Å²) in [6.45, 7) is 1.94. The van der Waals surface area contributed by atoms with Gasteiger partial charge in [0.2, 0.25) is 0 Å². The molecule has 39 heavy (non-hydrogen) atoms. The van der Waals surface area contributed by atoms with Gasteiger partial charge in [-0.15, -0.1) is 0 Å². The second-order valence-corrected chi connectivity index (χ2v) is 10.5. The monoisotopic (exact) mass is 551 g/mol. The molecule has 0 bridgehead atoms. The lowest BCUT2D eigenvalue weighted by Gasteiger charge is -2.40. The highest BCUT2D eigenvalue weighted by Crippen LogP contribution is 2.21. The van der Waals surface area contributed by atoms with Crippen LogP contribution in [0.25, 0.3) is 0 Å². The quantitative estimate of drug-likeness (QED) is 0.143. The maximum atomic E-state index is 12.1. The summed E-state index contributed by atoms with van der Waals surface area (Å²) < 4.78 is 15.6. The fraction of sp³-hybridized carbons (Fsp3) is 0.733. The molecule has 9 heteroatoms. The average Bonchev–Trinajstić information content (AvgIpc) is 2.94. The van der Waals surface area contributed by atoms with Crippen molar-refractivity contribution in [3.63, 3.8) is 0 Å². The zero-order valence-electron chi connectivity index (χ0n) is 23.5. The molecule has 4 N–H and O–H groups in total. The van der Waals surface area contributed by atoms with Crippen LogP contribution in [0.1, 0.15) is 102 Å². The molecule has 1 fully saturated rings. The molecule has 1 amide bonds. The number of nitrogens with one attached hydrogen (secondary N) is 1. The Bertz CT molecular complexity index is 792. The predicted molar refractivity (Wildman–Crippen MR) is 148 cm³/mol. The lowest BCUT2D eigenvalue weighted by Crippen LogP contribution is -2.64. The fourth-order valence-corrected chi connectivity index (χ4v) is 4.68. The number of benzene rings is 1. The van der Waals surface area contributed by atoms with Gasteiger partial charge < -0.3 is 34.8 Å². The Morgan fingerprint density at radius 2 is 1.36 bits per heavy atom. The number of ether oxygens (including phenoxy) is 3. The number of carbonyl (C=O) groups is 2. The Hall–Kier alpha value is -2.20. The number of alkyl carbamates (subject to hydrolysis) is 1. The van der Waals surface area contributed by atoms with E-state index in [1.54, 1.807) is 12.1 Å². The van der Waals surface area contributed by atoms with Crippen LogP contribution in [0.15, 0.2) is 30.3 Å². The van der Waals surface area contributed by atoms with Crippen molar-refractivity contribution in [3.05, 3.63) is 35.9 Å². The van der Waals surface area contributed by atoms with Crippen LogP contribution in [0.5, 0.6) is 0 Å². The largest absolute Gasteiger partial charge is 0.463 e. The van der Waals surface area contributed by atoms with Crippen molar-refractivity contribution in [2.75, 3.05) is 6.61 Å². The summed E-state index contributed by atoms with van der Waals surface area (Å²) in [7, 11) is 0. The number of aliphatic hydroxyl groups is 3. The van der Waals surface area contributed by atoms with E-state index in [9.17, 15) is 24.9 Å². The molecule has 1 aliphatic rings. The van der Waals surface area contributed by atoms with Gasteiger partial charge in [-0.25, -0.2) is 4.79 Å². The molecule has 5 atom stereocenters. The summed E-state index contributed by atoms with van der Waals surface area (Å²) in [5.74, 6) is -0.414. The number of aliphatic hydroxyl groups excluding tert-OH is 3. The third-order valence-electron chi connectivity index (χ3n) is 7.11. The number of esters is 1. The summed E-state index contributed by atoms with van der Waals surface area (Å²) in [4.78, 5) is 24.2. The van der Waals surface area contributed by atoms with Crippen molar-refractivity contribution in [1.29, 1.82) is 0 Å². The van der Waals surface area contributed by atoms with Gasteiger partial charge in [-0.05, 0) is 12.0 Å². The number of carbonyl (C=O) groups excluding carboxylic acids is 2. The molecule has 0 saturated carbocycles. The normalized spacial score (nSPS) is 22.8. The zero-order valence-corrected chi connectivity index (χ0v) is 23.5. The van der Waals surface area contributed by atoms with Gasteiger partial charge in [0.15, 0.2) is 6.29 Å².